The van der Waals surface area contributed by atoms with Crippen molar-refractivity contribution in [3.8, 4) is 5.88 Å². The minimum atomic E-state index is 0.692. The molecular weight excluding hydrogens is 298 g/mol. The van der Waals surface area contributed by atoms with Gasteiger partial charge in [-0.25, -0.2) is 14.5 Å². The first-order valence-corrected chi connectivity index (χ1v) is 8.22. The van der Waals surface area contributed by atoms with Crippen LogP contribution in [0.4, 0.5) is 5.13 Å². The number of ether oxygens (including phenoxy) is 1. The molecule has 22 heavy (non-hydrogen) atoms. The van der Waals surface area contributed by atoms with Crippen LogP contribution in [0.15, 0.2) is 24.5 Å². The molecule has 0 spiro atoms. The predicted octanol–water partition coefficient (Wildman–Crippen LogP) is 2.90. The summed E-state index contributed by atoms with van der Waals surface area (Å²) in [6.45, 7) is 3.44. The Morgan fingerprint density at radius 2 is 2.36 bits per heavy atom. The molecule has 3 aromatic heterocycles. The molecule has 114 valence electrons. The lowest BCUT2D eigenvalue weighted by atomic mass is 10.2. The molecule has 1 N–H and O–H groups in total. The summed E-state index contributed by atoms with van der Waals surface area (Å²) < 4.78 is 7.51. The van der Waals surface area contributed by atoms with Gasteiger partial charge in [0, 0.05) is 18.8 Å². The first-order chi connectivity index (χ1) is 10.8. The highest BCUT2D eigenvalue weighted by molar-refractivity contribution is 7.20. The Bertz CT molecular complexity index is 761. The summed E-state index contributed by atoms with van der Waals surface area (Å²) >= 11 is 1.55. The van der Waals surface area contributed by atoms with Crippen LogP contribution in [0.5, 0.6) is 5.88 Å². The van der Waals surface area contributed by atoms with Crippen LogP contribution in [-0.4, -0.2) is 26.2 Å². The lowest BCUT2D eigenvalue weighted by molar-refractivity contribution is 0.288. The van der Waals surface area contributed by atoms with Gasteiger partial charge in [-0.2, -0.15) is 0 Å². The van der Waals surface area contributed by atoms with Crippen LogP contribution in [-0.2, 0) is 6.54 Å². The quantitative estimate of drug-likeness (QED) is 0.758. The molecule has 0 saturated heterocycles. The second-order valence-corrected chi connectivity index (χ2v) is 6.58. The van der Waals surface area contributed by atoms with E-state index >= 15 is 0 Å². The highest BCUT2D eigenvalue weighted by atomic mass is 32.1. The Hall–Kier alpha value is -2.15. The molecule has 1 aliphatic carbocycles. The standard InChI is InChI=1S/C15H17N5OS/c1-10-8-20-15(18-10)22-14(19-20)17-7-12-4-5-16-13(6-12)21-9-11-2-3-11/h4-6,8,11H,2-3,7,9H2,1H3,(H,17,19). The number of rotatable bonds is 6. The Morgan fingerprint density at radius 1 is 1.45 bits per heavy atom. The van der Waals surface area contributed by atoms with Gasteiger partial charge in [-0.05, 0) is 37.3 Å². The SMILES string of the molecule is Cc1cn2nc(NCc3ccnc(OCC4CC4)c3)sc2n1. The summed E-state index contributed by atoms with van der Waals surface area (Å²) in [6.07, 6.45) is 6.28. The van der Waals surface area contributed by atoms with Gasteiger partial charge >= 0.3 is 0 Å². The summed E-state index contributed by atoms with van der Waals surface area (Å²) in [5, 5.41) is 8.64. The van der Waals surface area contributed by atoms with Crippen molar-refractivity contribution in [2.24, 2.45) is 5.92 Å². The molecule has 0 aromatic carbocycles. The molecule has 4 rings (SSSR count). The van der Waals surface area contributed by atoms with E-state index in [1.807, 2.05) is 25.3 Å². The minimum absolute atomic E-state index is 0.692. The molecular formula is C15H17N5OS. The Labute approximate surface area is 132 Å². The molecule has 0 aliphatic heterocycles. The monoisotopic (exact) mass is 315 g/mol. The van der Waals surface area contributed by atoms with Crippen molar-refractivity contribution < 1.29 is 4.74 Å². The number of aromatic nitrogens is 4. The average molecular weight is 315 g/mol. The molecule has 0 amide bonds. The largest absolute Gasteiger partial charge is 0.477 e. The third-order valence-electron chi connectivity index (χ3n) is 3.57. The van der Waals surface area contributed by atoms with Gasteiger partial charge in [0.05, 0.1) is 18.5 Å². The topological polar surface area (TPSA) is 64.3 Å². The van der Waals surface area contributed by atoms with E-state index in [4.69, 9.17) is 4.74 Å². The number of imidazole rings is 1. The molecule has 3 heterocycles. The second-order valence-electron chi connectivity index (χ2n) is 5.63. The van der Waals surface area contributed by atoms with E-state index in [0.29, 0.717) is 12.4 Å². The molecule has 0 atom stereocenters. The first kappa shape index (κ1) is 13.5. The molecule has 0 bridgehead atoms. The average Bonchev–Trinajstić information content (AvgIpc) is 3.17. The van der Waals surface area contributed by atoms with E-state index < -0.39 is 0 Å². The number of fused-ring (bicyclic) bond motifs is 1. The summed E-state index contributed by atoms with van der Waals surface area (Å²) in [5.74, 6) is 1.44. The van der Waals surface area contributed by atoms with Crippen molar-refractivity contribution in [2.75, 3.05) is 11.9 Å². The Balaban J connectivity index is 1.39. The summed E-state index contributed by atoms with van der Waals surface area (Å²) in [6, 6.07) is 3.97. The van der Waals surface area contributed by atoms with E-state index in [1.165, 1.54) is 12.8 Å². The van der Waals surface area contributed by atoms with Gasteiger partial charge in [-0.1, -0.05) is 11.3 Å². The van der Waals surface area contributed by atoms with Gasteiger partial charge in [-0.3, -0.25) is 0 Å². The number of pyridine rings is 1. The van der Waals surface area contributed by atoms with Gasteiger partial charge < -0.3 is 10.1 Å². The molecule has 0 unspecified atom stereocenters. The number of nitrogens with zero attached hydrogens (tertiary/aromatic N) is 4. The van der Waals surface area contributed by atoms with Crippen molar-refractivity contribution in [2.45, 2.75) is 26.3 Å². The van der Waals surface area contributed by atoms with Gasteiger partial charge in [0.15, 0.2) is 0 Å². The van der Waals surface area contributed by atoms with Crippen LogP contribution < -0.4 is 10.1 Å². The predicted molar refractivity (Wildman–Crippen MR) is 85.4 cm³/mol. The zero-order chi connectivity index (χ0) is 14.9. The van der Waals surface area contributed by atoms with E-state index in [-0.39, 0.29) is 0 Å². The molecule has 3 aromatic rings. The summed E-state index contributed by atoms with van der Waals surface area (Å²) in [7, 11) is 0. The normalized spacial score (nSPS) is 14.4. The fourth-order valence-corrected chi connectivity index (χ4v) is 3.01. The lowest BCUT2D eigenvalue weighted by Gasteiger charge is -2.06. The molecule has 1 fully saturated rings. The summed E-state index contributed by atoms with van der Waals surface area (Å²) in [5.41, 5.74) is 2.11. The van der Waals surface area contributed by atoms with Crippen LogP contribution in [0.3, 0.4) is 0 Å². The van der Waals surface area contributed by atoms with Crippen LogP contribution in [0.1, 0.15) is 24.1 Å². The fraction of sp³-hybridized carbons (Fsp3) is 0.400. The van der Waals surface area contributed by atoms with Crippen molar-refractivity contribution >= 4 is 21.4 Å². The number of anilines is 1. The van der Waals surface area contributed by atoms with E-state index in [0.717, 1.165) is 33.9 Å². The lowest BCUT2D eigenvalue weighted by Crippen LogP contribution is -2.03. The van der Waals surface area contributed by atoms with Gasteiger partial charge in [0.2, 0.25) is 16.0 Å². The number of aryl methyl sites for hydroxylation is 1. The number of nitrogens with one attached hydrogen (secondary N) is 1. The van der Waals surface area contributed by atoms with Crippen molar-refractivity contribution in [3.05, 3.63) is 35.8 Å². The van der Waals surface area contributed by atoms with E-state index in [9.17, 15) is 0 Å². The molecule has 1 aliphatic rings. The minimum Gasteiger partial charge on any atom is -0.477 e. The number of hydrogen-bond donors (Lipinski definition) is 1. The number of hydrogen-bond acceptors (Lipinski definition) is 6. The highest BCUT2D eigenvalue weighted by Gasteiger charge is 2.22. The zero-order valence-electron chi connectivity index (χ0n) is 12.3. The Kier molecular flexibility index (Phi) is 3.42. The van der Waals surface area contributed by atoms with Gasteiger partial charge in [0.1, 0.15) is 0 Å². The third-order valence-corrected chi connectivity index (χ3v) is 4.45. The van der Waals surface area contributed by atoms with Gasteiger partial charge in [0.25, 0.3) is 0 Å². The van der Waals surface area contributed by atoms with Crippen LogP contribution >= 0.6 is 11.3 Å². The maximum Gasteiger partial charge on any atom is 0.214 e. The third kappa shape index (κ3) is 3.04. The summed E-state index contributed by atoms with van der Waals surface area (Å²) in [4.78, 5) is 9.56. The van der Waals surface area contributed by atoms with Gasteiger partial charge in [-0.15, -0.1) is 5.10 Å². The molecule has 0 radical (unpaired) electrons. The van der Waals surface area contributed by atoms with Crippen LogP contribution in [0, 0.1) is 12.8 Å². The molecule has 1 saturated carbocycles. The first-order valence-electron chi connectivity index (χ1n) is 7.41. The fourth-order valence-electron chi connectivity index (χ4n) is 2.19. The maximum atomic E-state index is 5.71. The van der Waals surface area contributed by atoms with Crippen LogP contribution in [0.2, 0.25) is 0 Å². The molecule has 7 heteroatoms. The van der Waals surface area contributed by atoms with Crippen molar-refractivity contribution in [1.82, 2.24) is 19.6 Å². The Morgan fingerprint density at radius 3 is 3.18 bits per heavy atom. The van der Waals surface area contributed by atoms with E-state index in [2.05, 4.69) is 20.4 Å². The highest BCUT2D eigenvalue weighted by Crippen LogP contribution is 2.29. The maximum absolute atomic E-state index is 5.71. The second kappa shape index (κ2) is 5.57. The van der Waals surface area contributed by atoms with Crippen molar-refractivity contribution in [1.29, 1.82) is 0 Å². The van der Waals surface area contributed by atoms with Crippen LogP contribution in [0.25, 0.3) is 4.96 Å². The smallest absolute Gasteiger partial charge is 0.214 e. The van der Waals surface area contributed by atoms with Crippen molar-refractivity contribution in [3.63, 3.8) is 0 Å². The van der Waals surface area contributed by atoms with E-state index in [1.54, 1.807) is 22.0 Å². The molecule has 6 nitrogen and oxygen atoms in total. The zero-order valence-corrected chi connectivity index (χ0v) is 13.1.